The van der Waals surface area contributed by atoms with Crippen molar-refractivity contribution in [1.82, 2.24) is 9.97 Å². The van der Waals surface area contributed by atoms with Gasteiger partial charge in [-0.1, -0.05) is 11.3 Å². The Morgan fingerprint density at radius 1 is 0.846 bits per heavy atom. The zero-order valence-corrected chi connectivity index (χ0v) is 16.2. The van der Waals surface area contributed by atoms with Crippen LogP contribution in [0.1, 0.15) is 4.88 Å². The summed E-state index contributed by atoms with van der Waals surface area (Å²) in [5.74, 6) is 1.64. The largest absolute Gasteiger partial charge is 0.497 e. The van der Waals surface area contributed by atoms with Gasteiger partial charge in [-0.2, -0.15) is 0 Å². The first kappa shape index (κ1) is 16.8. The van der Waals surface area contributed by atoms with Crippen LogP contribution in [-0.2, 0) is 0 Å². The molecule has 0 aliphatic rings. The molecular weight excluding hydrogens is 366 g/mol. The number of nitrogens with one attached hydrogen (secondary N) is 1. The summed E-state index contributed by atoms with van der Waals surface area (Å²) in [7, 11) is 3.32. The second kappa shape index (κ2) is 6.93. The van der Waals surface area contributed by atoms with Gasteiger partial charge in [-0.05, 0) is 43.3 Å². The topological polar surface area (TPSA) is 56.3 Å². The molecule has 7 heteroatoms. The van der Waals surface area contributed by atoms with E-state index in [-0.39, 0.29) is 0 Å². The van der Waals surface area contributed by atoms with E-state index in [0.717, 1.165) is 48.1 Å². The van der Waals surface area contributed by atoms with Gasteiger partial charge in [-0.25, -0.2) is 9.97 Å². The number of ether oxygens (including phenoxy) is 2. The Balaban J connectivity index is 1.60. The van der Waals surface area contributed by atoms with Crippen LogP contribution >= 0.6 is 22.7 Å². The lowest BCUT2D eigenvalue weighted by Crippen LogP contribution is -1.89. The van der Waals surface area contributed by atoms with Crippen molar-refractivity contribution in [2.45, 2.75) is 6.92 Å². The second-order valence-electron chi connectivity index (χ2n) is 5.63. The van der Waals surface area contributed by atoms with Gasteiger partial charge in [0, 0.05) is 16.5 Å². The van der Waals surface area contributed by atoms with Crippen LogP contribution in [0, 0.1) is 6.92 Å². The van der Waals surface area contributed by atoms with E-state index >= 15 is 0 Å². The van der Waals surface area contributed by atoms with Gasteiger partial charge in [0.05, 0.1) is 30.1 Å². The monoisotopic (exact) mass is 383 g/mol. The highest BCUT2D eigenvalue weighted by atomic mass is 32.1. The number of aryl methyl sites for hydroxylation is 1. The average Bonchev–Trinajstić information content (AvgIpc) is 3.23. The van der Waals surface area contributed by atoms with Gasteiger partial charge >= 0.3 is 0 Å². The Bertz CT molecular complexity index is 1050. The quantitative estimate of drug-likeness (QED) is 0.494. The molecule has 4 rings (SSSR count). The van der Waals surface area contributed by atoms with Crippen LogP contribution in [0.2, 0.25) is 0 Å². The molecule has 0 fully saturated rings. The number of hydrogen-bond acceptors (Lipinski definition) is 7. The summed E-state index contributed by atoms with van der Waals surface area (Å²) in [5, 5.41) is 4.99. The zero-order chi connectivity index (χ0) is 18.1. The van der Waals surface area contributed by atoms with E-state index < -0.39 is 0 Å². The van der Waals surface area contributed by atoms with E-state index in [9.17, 15) is 0 Å². The third-order valence-electron chi connectivity index (χ3n) is 3.97. The molecule has 26 heavy (non-hydrogen) atoms. The Kier molecular flexibility index (Phi) is 4.48. The lowest BCUT2D eigenvalue weighted by molar-refractivity contribution is 0.415. The zero-order valence-electron chi connectivity index (χ0n) is 14.6. The summed E-state index contributed by atoms with van der Waals surface area (Å²) < 4.78 is 11.6. The summed E-state index contributed by atoms with van der Waals surface area (Å²) in [4.78, 5) is 10.5. The molecule has 4 aromatic rings. The molecule has 5 nitrogen and oxygen atoms in total. The minimum Gasteiger partial charge on any atom is -0.497 e. The fourth-order valence-corrected chi connectivity index (χ4v) is 4.39. The van der Waals surface area contributed by atoms with Gasteiger partial charge in [0.2, 0.25) is 0 Å². The number of aromatic nitrogens is 2. The van der Waals surface area contributed by atoms with Crippen LogP contribution in [0.3, 0.4) is 0 Å². The first-order chi connectivity index (χ1) is 12.7. The summed E-state index contributed by atoms with van der Waals surface area (Å²) in [5.41, 5.74) is 2.96. The third kappa shape index (κ3) is 3.23. The van der Waals surface area contributed by atoms with E-state index in [1.165, 1.54) is 0 Å². The highest BCUT2D eigenvalue weighted by molar-refractivity contribution is 7.22. The Morgan fingerprint density at radius 2 is 1.54 bits per heavy atom. The van der Waals surface area contributed by atoms with Crippen molar-refractivity contribution in [3.63, 3.8) is 0 Å². The van der Waals surface area contributed by atoms with Gasteiger partial charge < -0.3 is 14.8 Å². The van der Waals surface area contributed by atoms with E-state index in [1.54, 1.807) is 36.9 Å². The van der Waals surface area contributed by atoms with Crippen molar-refractivity contribution in [3.05, 3.63) is 47.3 Å². The molecule has 0 atom stereocenters. The highest BCUT2D eigenvalue weighted by Gasteiger charge is 2.12. The van der Waals surface area contributed by atoms with Gasteiger partial charge in [0.25, 0.3) is 0 Å². The van der Waals surface area contributed by atoms with Crippen molar-refractivity contribution in [2.24, 2.45) is 0 Å². The normalized spacial score (nSPS) is 10.9. The van der Waals surface area contributed by atoms with Gasteiger partial charge in [-0.3, -0.25) is 0 Å². The lowest BCUT2D eigenvalue weighted by Gasteiger charge is -2.01. The van der Waals surface area contributed by atoms with Crippen LogP contribution in [0.25, 0.3) is 21.5 Å². The molecule has 0 radical (unpaired) electrons. The van der Waals surface area contributed by atoms with Crippen molar-refractivity contribution >= 4 is 43.2 Å². The van der Waals surface area contributed by atoms with Gasteiger partial charge in [-0.15, -0.1) is 11.3 Å². The predicted octanol–water partition coefficient (Wildman–Crippen LogP) is 5.49. The number of benzene rings is 2. The minimum absolute atomic E-state index is 0.807. The molecule has 2 aromatic heterocycles. The van der Waals surface area contributed by atoms with Crippen LogP contribution < -0.4 is 14.8 Å². The molecule has 0 saturated carbocycles. The molecule has 0 aliphatic carbocycles. The predicted molar refractivity (Wildman–Crippen MR) is 108 cm³/mol. The summed E-state index contributed by atoms with van der Waals surface area (Å²) in [6.07, 6.45) is 0. The van der Waals surface area contributed by atoms with E-state index in [0.29, 0.717) is 0 Å². The molecule has 2 aromatic carbocycles. The van der Waals surface area contributed by atoms with Crippen LogP contribution in [0.15, 0.2) is 42.5 Å². The SMILES string of the molecule is COc1ccc(-c2nc(Nc3nc4cc(OC)ccc4s3)sc2C)cc1. The van der Waals surface area contributed by atoms with E-state index in [4.69, 9.17) is 14.5 Å². The number of hydrogen-bond donors (Lipinski definition) is 1. The van der Waals surface area contributed by atoms with Crippen molar-refractivity contribution in [1.29, 1.82) is 0 Å². The van der Waals surface area contributed by atoms with E-state index in [2.05, 4.69) is 17.2 Å². The van der Waals surface area contributed by atoms with Gasteiger partial charge in [0.15, 0.2) is 10.3 Å². The maximum Gasteiger partial charge on any atom is 0.190 e. The molecule has 132 valence electrons. The minimum atomic E-state index is 0.807. The first-order valence-corrected chi connectivity index (χ1v) is 9.63. The highest BCUT2D eigenvalue weighted by Crippen LogP contribution is 2.35. The summed E-state index contributed by atoms with van der Waals surface area (Å²) >= 11 is 3.22. The standard InChI is InChI=1S/C19H17N3O2S2/c1-11-17(12-4-6-13(23-2)7-5-12)21-19(25-11)22-18-20-15-10-14(24-3)8-9-16(15)26-18/h4-10H,1-3H3,(H,20,21,22). The molecule has 0 amide bonds. The number of methoxy groups -OCH3 is 2. The van der Waals surface area contributed by atoms with Crippen LogP contribution in [0.4, 0.5) is 10.3 Å². The molecule has 0 unspecified atom stereocenters. The maximum atomic E-state index is 5.26. The average molecular weight is 383 g/mol. The Morgan fingerprint density at radius 3 is 2.27 bits per heavy atom. The Hall–Kier alpha value is -2.64. The molecule has 0 aliphatic heterocycles. The van der Waals surface area contributed by atoms with Gasteiger partial charge in [0.1, 0.15) is 11.5 Å². The summed E-state index contributed by atoms with van der Waals surface area (Å²) in [6, 6.07) is 13.8. The van der Waals surface area contributed by atoms with Crippen LogP contribution in [0.5, 0.6) is 11.5 Å². The van der Waals surface area contributed by atoms with Crippen molar-refractivity contribution in [2.75, 3.05) is 19.5 Å². The molecular formula is C19H17N3O2S2. The van der Waals surface area contributed by atoms with E-state index in [1.807, 2.05) is 42.5 Å². The number of fused-ring (bicyclic) bond motifs is 1. The number of rotatable bonds is 5. The molecule has 0 bridgehead atoms. The fourth-order valence-electron chi connectivity index (χ4n) is 2.65. The smallest absolute Gasteiger partial charge is 0.190 e. The third-order valence-corrected chi connectivity index (χ3v) is 5.81. The molecule has 0 saturated heterocycles. The lowest BCUT2D eigenvalue weighted by atomic mass is 10.1. The molecule has 2 heterocycles. The second-order valence-corrected chi connectivity index (χ2v) is 7.86. The molecule has 1 N–H and O–H groups in total. The summed E-state index contributed by atoms with van der Waals surface area (Å²) in [6.45, 7) is 2.08. The van der Waals surface area contributed by atoms with Crippen molar-refractivity contribution < 1.29 is 9.47 Å². The van der Waals surface area contributed by atoms with Crippen LogP contribution in [-0.4, -0.2) is 24.2 Å². The first-order valence-electron chi connectivity index (χ1n) is 8.00. The number of anilines is 2. The maximum absolute atomic E-state index is 5.26. The number of nitrogens with zero attached hydrogens (tertiary/aromatic N) is 2. The Labute approximate surface area is 159 Å². The fraction of sp³-hybridized carbons (Fsp3) is 0.158. The van der Waals surface area contributed by atoms with Crippen molar-refractivity contribution in [3.8, 4) is 22.8 Å². The number of thiazole rings is 2. The molecule has 0 spiro atoms.